The van der Waals surface area contributed by atoms with E-state index < -0.39 is 31.1 Å². The quantitative estimate of drug-likeness (QED) is 0.599. The van der Waals surface area contributed by atoms with E-state index in [0.29, 0.717) is 6.29 Å². The molecule has 0 saturated carbocycles. The van der Waals surface area contributed by atoms with Crippen molar-refractivity contribution in [2.75, 3.05) is 0 Å². The minimum atomic E-state index is -5.28. The Hall–Kier alpha value is -1.19. The Morgan fingerprint density at radius 2 is 1.89 bits per heavy atom. The van der Waals surface area contributed by atoms with Gasteiger partial charge < -0.3 is 4.18 Å². The molecule has 0 radical (unpaired) electrons. The molecular formula is C9H8ClFO6S2. The van der Waals surface area contributed by atoms with Crippen LogP contribution >= 0.6 is 10.7 Å². The third-order valence-corrected chi connectivity index (χ3v) is 3.50. The molecule has 19 heavy (non-hydrogen) atoms. The van der Waals surface area contributed by atoms with E-state index in [1.54, 1.807) is 0 Å². The maximum atomic E-state index is 12.5. The van der Waals surface area contributed by atoms with Crippen molar-refractivity contribution in [1.82, 2.24) is 0 Å². The molecule has 0 bridgehead atoms. The molecule has 0 aliphatic carbocycles. The predicted molar refractivity (Wildman–Crippen MR) is 65.7 cm³/mol. The second-order valence-electron chi connectivity index (χ2n) is 3.59. The molecule has 1 aromatic carbocycles. The van der Waals surface area contributed by atoms with Crippen LogP contribution in [-0.4, -0.2) is 23.1 Å². The highest BCUT2D eigenvalue weighted by Gasteiger charge is 2.17. The van der Waals surface area contributed by atoms with E-state index in [2.05, 4.69) is 4.18 Å². The Labute approximate surface area is 114 Å². The predicted octanol–water partition coefficient (Wildman–Crippen LogP) is 1.47. The van der Waals surface area contributed by atoms with Gasteiger partial charge in [-0.2, -0.15) is 8.42 Å². The first-order valence-corrected chi connectivity index (χ1v) is 8.45. The van der Waals surface area contributed by atoms with Crippen molar-refractivity contribution >= 4 is 36.5 Å². The molecule has 0 amide bonds. The molecule has 0 heterocycles. The lowest BCUT2D eigenvalue weighted by molar-refractivity contribution is 0.112. The molecule has 1 rings (SSSR count). The Morgan fingerprint density at radius 3 is 2.32 bits per heavy atom. The molecule has 0 spiro atoms. The SMILES string of the molecule is Cc1c(C=O)cc(CS(=O)(=O)Cl)cc1OS(=O)(=O)F. The average Bonchev–Trinajstić information content (AvgIpc) is 2.18. The zero-order valence-electron chi connectivity index (χ0n) is 9.46. The molecule has 0 aromatic heterocycles. The van der Waals surface area contributed by atoms with Crippen LogP contribution in [0.4, 0.5) is 3.89 Å². The first-order chi connectivity index (χ1) is 8.52. The molecule has 10 heteroatoms. The fourth-order valence-corrected chi connectivity index (χ4v) is 2.70. The zero-order valence-corrected chi connectivity index (χ0v) is 11.8. The molecule has 1 aromatic rings. The van der Waals surface area contributed by atoms with Gasteiger partial charge in [-0.1, -0.05) is 3.89 Å². The summed E-state index contributed by atoms with van der Waals surface area (Å²) in [6.07, 6.45) is 0.359. The zero-order chi connectivity index (χ0) is 14.8. The number of carbonyl (C=O) groups is 1. The van der Waals surface area contributed by atoms with Crippen molar-refractivity contribution in [3.63, 3.8) is 0 Å². The van der Waals surface area contributed by atoms with Crippen LogP contribution in [0.5, 0.6) is 5.75 Å². The molecular weight excluding hydrogens is 323 g/mol. The van der Waals surface area contributed by atoms with Crippen LogP contribution < -0.4 is 4.18 Å². The van der Waals surface area contributed by atoms with Crippen molar-refractivity contribution in [2.45, 2.75) is 12.7 Å². The van der Waals surface area contributed by atoms with Crippen molar-refractivity contribution < 1.29 is 29.7 Å². The summed E-state index contributed by atoms with van der Waals surface area (Å²) in [6.45, 7) is 1.32. The van der Waals surface area contributed by atoms with Crippen LogP contribution in [0.15, 0.2) is 12.1 Å². The maximum absolute atomic E-state index is 12.5. The Bertz CT molecular complexity index is 710. The highest BCUT2D eigenvalue weighted by atomic mass is 35.7. The summed E-state index contributed by atoms with van der Waals surface area (Å²) in [7, 11) is -4.16. The topological polar surface area (TPSA) is 94.6 Å². The van der Waals surface area contributed by atoms with Gasteiger partial charge in [0, 0.05) is 21.8 Å². The summed E-state index contributed by atoms with van der Waals surface area (Å²) in [4.78, 5) is 10.8. The minimum Gasteiger partial charge on any atom is -0.358 e. The third kappa shape index (κ3) is 5.13. The standard InChI is InChI=1S/C9H8ClFO6S2/c1-6-8(4-12)2-7(5-18(10,13)14)3-9(6)17-19(11,15)16/h2-4H,5H2,1H3. The highest BCUT2D eigenvalue weighted by Crippen LogP contribution is 2.26. The minimum absolute atomic E-state index is 0.00125. The maximum Gasteiger partial charge on any atom is 0.488 e. The number of hydrogen-bond donors (Lipinski definition) is 0. The van der Waals surface area contributed by atoms with E-state index >= 15 is 0 Å². The van der Waals surface area contributed by atoms with Gasteiger partial charge in [0.25, 0.3) is 0 Å². The van der Waals surface area contributed by atoms with Crippen molar-refractivity contribution in [1.29, 1.82) is 0 Å². The number of carbonyl (C=O) groups excluding carboxylic acids is 1. The summed E-state index contributed by atoms with van der Waals surface area (Å²) >= 11 is 0. The first kappa shape index (κ1) is 15.9. The summed E-state index contributed by atoms with van der Waals surface area (Å²) in [6, 6.07) is 2.18. The first-order valence-electron chi connectivity index (χ1n) is 4.67. The third-order valence-electron chi connectivity index (χ3n) is 2.12. The van der Waals surface area contributed by atoms with E-state index in [-0.39, 0.29) is 16.7 Å². The second-order valence-corrected chi connectivity index (χ2v) is 7.32. The largest absolute Gasteiger partial charge is 0.488 e. The lowest BCUT2D eigenvalue weighted by atomic mass is 10.1. The smallest absolute Gasteiger partial charge is 0.358 e. The molecule has 0 N–H and O–H groups in total. The molecule has 106 valence electrons. The Kier molecular flexibility index (Phi) is 4.54. The fourth-order valence-electron chi connectivity index (χ4n) is 1.37. The molecule has 0 fully saturated rings. The van der Waals surface area contributed by atoms with Crippen LogP contribution in [0.2, 0.25) is 0 Å². The number of rotatable bonds is 5. The molecule has 0 aliphatic rings. The average molecular weight is 331 g/mol. The lowest BCUT2D eigenvalue weighted by Crippen LogP contribution is -2.06. The van der Waals surface area contributed by atoms with Crippen LogP contribution in [0.3, 0.4) is 0 Å². The monoisotopic (exact) mass is 330 g/mol. The van der Waals surface area contributed by atoms with E-state index in [1.807, 2.05) is 0 Å². The molecule has 0 unspecified atom stereocenters. The van der Waals surface area contributed by atoms with Crippen molar-refractivity contribution in [3.05, 3.63) is 28.8 Å². The van der Waals surface area contributed by atoms with Gasteiger partial charge in [0.1, 0.15) is 12.0 Å². The van der Waals surface area contributed by atoms with Gasteiger partial charge in [0.05, 0.1) is 5.75 Å². The van der Waals surface area contributed by atoms with E-state index in [4.69, 9.17) is 10.7 Å². The van der Waals surface area contributed by atoms with Gasteiger partial charge in [-0.3, -0.25) is 4.79 Å². The summed E-state index contributed by atoms with van der Waals surface area (Å²) < 4.78 is 59.2. The highest BCUT2D eigenvalue weighted by molar-refractivity contribution is 8.13. The summed E-state index contributed by atoms with van der Waals surface area (Å²) in [5, 5.41) is 0. The number of hydrogen-bond acceptors (Lipinski definition) is 6. The normalized spacial score (nSPS) is 12.2. The van der Waals surface area contributed by atoms with Gasteiger partial charge in [0.15, 0.2) is 0 Å². The van der Waals surface area contributed by atoms with E-state index in [1.165, 1.54) is 13.0 Å². The second kappa shape index (κ2) is 5.43. The summed E-state index contributed by atoms with van der Waals surface area (Å²) in [5.74, 6) is -1.12. The molecule has 0 atom stereocenters. The Balaban J connectivity index is 3.38. The van der Waals surface area contributed by atoms with Gasteiger partial charge in [-0.15, -0.1) is 0 Å². The Morgan fingerprint density at radius 1 is 1.32 bits per heavy atom. The summed E-state index contributed by atoms with van der Waals surface area (Å²) in [5.41, 5.74) is 0.0322. The van der Waals surface area contributed by atoms with Crippen LogP contribution in [0.25, 0.3) is 0 Å². The van der Waals surface area contributed by atoms with E-state index in [0.717, 1.165) is 6.07 Å². The van der Waals surface area contributed by atoms with Gasteiger partial charge in [0.2, 0.25) is 9.05 Å². The van der Waals surface area contributed by atoms with Crippen molar-refractivity contribution in [3.8, 4) is 5.75 Å². The van der Waals surface area contributed by atoms with Crippen LogP contribution in [0, 0.1) is 6.92 Å². The number of halogens is 2. The van der Waals surface area contributed by atoms with Gasteiger partial charge in [-0.05, 0) is 24.6 Å². The van der Waals surface area contributed by atoms with E-state index in [9.17, 15) is 25.5 Å². The van der Waals surface area contributed by atoms with Crippen LogP contribution in [-0.2, 0) is 25.3 Å². The number of benzene rings is 1. The van der Waals surface area contributed by atoms with Gasteiger partial charge in [-0.25, -0.2) is 8.42 Å². The number of aldehydes is 1. The molecule has 6 nitrogen and oxygen atoms in total. The van der Waals surface area contributed by atoms with Crippen LogP contribution in [0.1, 0.15) is 21.5 Å². The van der Waals surface area contributed by atoms with Crippen molar-refractivity contribution in [2.24, 2.45) is 0 Å². The van der Waals surface area contributed by atoms with Gasteiger partial charge >= 0.3 is 10.5 Å². The lowest BCUT2D eigenvalue weighted by Gasteiger charge is -2.09. The molecule has 0 aliphatic heterocycles. The fraction of sp³-hybridized carbons (Fsp3) is 0.222. The molecule has 0 saturated heterocycles.